The summed E-state index contributed by atoms with van der Waals surface area (Å²) in [4.78, 5) is 10.2. The summed E-state index contributed by atoms with van der Waals surface area (Å²) < 4.78 is 46.5. The van der Waals surface area contributed by atoms with Crippen LogP contribution in [-0.2, 0) is 20.7 Å². The average Bonchev–Trinajstić information content (AvgIpc) is 2.09. The van der Waals surface area contributed by atoms with Gasteiger partial charge in [0.15, 0.2) is 0 Å². The van der Waals surface area contributed by atoms with Crippen LogP contribution in [-0.4, -0.2) is 17.7 Å². The Hall–Kier alpha value is -0.520. The van der Waals surface area contributed by atoms with Crippen LogP contribution in [0.2, 0.25) is 0 Å². The zero-order valence-electron chi connectivity index (χ0n) is 7.71. The molecule has 0 bridgehead atoms. The van der Waals surface area contributed by atoms with E-state index in [0.29, 0.717) is 12.7 Å². The number of halogens is 3. The summed E-state index contributed by atoms with van der Waals surface area (Å²) in [6.45, 7) is 1.67. The summed E-state index contributed by atoms with van der Waals surface area (Å²) in [5, 5.41) is -1.05. The third kappa shape index (κ3) is 5.26. The van der Waals surface area contributed by atoms with Gasteiger partial charge in [-0.1, -0.05) is 6.92 Å². The lowest BCUT2D eigenvalue weighted by Gasteiger charge is -2.12. The van der Waals surface area contributed by atoms with E-state index in [1.54, 1.807) is 6.92 Å². The smallest absolute Gasteiger partial charge is 0.303 e. The van der Waals surface area contributed by atoms with E-state index < -0.39 is 23.8 Å². The Balaban J connectivity index is 4.35. The molecule has 0 saturated carbocycles. The molecule has 14 heavy (non-hydrogen) atoms. The summed E-state index contributed by atoms with van der Waals surface area (Å²) >= 11 is -0.0595. The number of alkyl halides is 3. The highest BCUT2D eigenvalue weighted by Gasteiger charge is 2.42. The molecule has 0 aromatic carbocycles. The van der Waals surface area contributed by atoms with Crippen LogP contribution in [0, 0.1) is 5.92 Å². The first-order valence-electron chi connectivity index (χ1n) is 4.23. The van der Waals surface area contributed by atoms with Crippen LogP contribution >= 0.6 is 0 Å². The number of hydrogen-bond donors (Lipinski definition) is 0. The van der Waals surface area contributed by atoms with Gasteiger partial charge in [0.2, 0.25) is 5.25 Å². The molecule has 0 amide bonds. The van der Waals surface area contributed by atoms with Crippen molar-refractivity contribution in [2.75, 3.05) is 0 Å². The quantitative estimate of drug-likeness (QED) is 0.517. The first-order valence-corrected chi connectivity index (χ1v) is 5.04. The van der Waals surface area contributed by atoms with Crippen molar-refractivity contribution in [1.82, 2.24) is 0 Å². The molecular weight excluding hydrogens is 217 g/mol. The maximum atomic E-state index is 12.0. The van der Waals surface area contributed by atoms with Gasteiger partial charge in [0, 0.05) is 16.5 Å². The van der Waals surface area contributed by atoms with Crippen molar-refractivity contribution >= 4 is 18.0 Å². The Morgan fingerprint density at radius 1 is 1.43 bits per heavy atom. The summed E-state index contributed by atoms with van der Waals surface area (Å²) in [7, 11) is 0. The minimum absolute atomic E-state index is 0.0203. The number of carbonyl (C=O) groups excluding carboxylic acids is 1. The van der Waals surface area contributed by atoms with Crippen LogP contribution in [0.5, 0.6) is 0 Å². The van der Waals surface area contributed by atoms with Crippen molar-refractivity contribution in [2.24, 2.45) is 5.92 Å². The summed E-state index contributed by atoms with van der Waals surface area (Å²) in [5.41, 5.74) is 0. The summed E-state index contributed by atoms with van der Waals surface area (Å²) in [6, 6.07) is 0. The molecule has 0 fully saturated rings. The van der Waals surface area contributed by atoms with Crippen molar-refractivity contribution in [3.8, 4) is 0 Å². The maximum absolute atomic E-state index is 12.0. The molecule has 6 heteroatoms. The molecule has 0 rings (SSSR count). The molecule has 0 aliphatic heterocycles. The van der Waals surface area contributed by atoms with Crippen LogP contribution in [0.3, 0.4) is 0 Å². The average molecular weight is 229 g/mol. The largest absolute Gasteiger partial charge is 0.462 e. The molecule has 0 aromatic heterocycles. The molecule has 2 unspecified atom stereocenters. The van der Waals surface area contributed by atoms with Gasteiger partial charge in [0.05, 0.1) is 0 Å². The van der Waals surface area contributed by atoms with E-state index in [2.05, 4.69) is 0 Å². The minimum Gasteiger partial charge on any atom is -0.303 e. The van der Waals surface area contributed by atoms with Gasteiger partial charge in [-0.15, -0.1) is 0 Å². The Kier molecular flexibility index (Phi) is 5.83. The Morgan fingerprint density at radius 3 is 2.29 bits per heavy atom. The highest BCUT2D eigenvalue weighted by molar-refractivity contribution is 7.66. The lowest BCUT2D eigenvalue weighted by atomic mass is 9.96. The lowest BCUT2D eigenvalue weighted by molar-refractivity contribution is -0.137. The molecule has 0 N–H and O–H groups in total. The number of carbonyl (C=O) groups is 1. The number of aldehydes is 1. The van der Waals surface area contributed by atoms with Gasteiger partial charge in [-0.3, -0.25) is 0 Å². The second-order valence-corrected chi connectivity index (χ2v) is 3.82. The molecule has 2 atom stereocenters. The van der Waals surface area contributed by atoms with E-state index in [-0.39, 0.29) is 18.1 Å². The Bertz CT molecular complexity index is 194. The molecule has 0 radical (unpaired) electrons. The zero-order valence-corrected chi connectivity index (χ0v) is 8.53. The third-order valence-corrected chi connectivity index (χ3v) is 2.80. The molecule has 2 nitrogen and oxygen atoms in total. The van der Waals surface area contributed by atoms with Gasteiger partial charge in [-0.05, 0) is 6.42 Å². The highest BCUT2D eigenvalue weighted by atomic mass is 32.1. The SMILES string of the molecule is CCC(CC=O)C(CC(F)(F)F)[S+]=O. The number of rotatable bonds is 6. The van der Waals surface area contributed by atoms with E-state index in [1.807, 2.05) is 0 Å². The van der Waals surface area contributed by atoms with Crippen molar-refractivity contribution in [3.05, 3.63) is 0 Å². The summed E-state index contributed by atoms with van der Waals surface area (Å²) in [6.07, 6.45) is -4.46. The van der Waals surface area contributed by atoms with E-state index in [4.69, 9.17) is 0 Å². The molecule has 0 saturated heterocycles. The normalized spacial score (nSPS) is 16.0. The fourth-order valence-electron chi connectivity index (χ4n) is 1.21. The fraction of sp³-hybridized carbons (Fsp3) is 0.875. The minimum atomic E-state index is -4.33. The summed E-state index contributed by atoms with van der Waals surface area (Å²) in [5.74, 6) is -0.475. The molecule has 0 aromatic rings. The zero-order chi connectivity index (χ0) is 11.2. The second-order valence-electron chi connectivity index (χ2n) is 3.02. The van der Waals surface area contributed by atoms with Crippen LogP contribution < -0.4 is 0 Å². The van der Waals surface area contributed by atoms with Gasteiger partial charge >= 0.3 is 17.8 Å². The van der Waals surface area contributed by atoms with E-state index in [9.17, 15) is 22.2 Å². The third-order valence-electron chi connectivity index (χ3n) is 2.01. The highest BCUT2D eigenvalue weighted by Crippen LogP contribution is 2.28. The van der Waals surface area contributed by atoms with Crippen LogP contribution in [0.4, 0.5) is 13.2 Å². The van der Waals surface area contributed by atoms with Crippen LogP contribution in [0.15, 0.2) is 0 Å². The second kappa shape index (κ2) is 6.06. The molecule has 0 heterocycles. The molecule has 0 aliphatic rings. The first-order chi connectivity index (χ1) is 6.44. The topological polar surface area (TPSA) is 34.1 Å². The van der Waals surface area contributed by atoms with Gasteiger partial charge < -0.3 is 4.79 Å². The standard InChI is InChI=1S/C8H12F3O2S/c1-2-6(3-4-12)7(14-13)5-8(9,10)11/h4,6-7H,2-3,5H2,1H3/q+1. The van der Waals surface area contributed by atoms with Gasteiger partial charge in [0.25, 0.3) is 0 Å². The number of hydrogen-bond acceptors (Lipinski definition) is 2. The van der Waals surface area contributed by atoms with Crippen molar-refractivity contribution in [3.63, 3.8) is 0 Å². The van der Waals surface area contributed by atoms with Gasteiger partial charge in [-0.2, -0.15) is 13.2 Å². The van der Waals surface area contributed by atoms with E-state index in [0.717, 1.165) is 0 Å². The lowest BCUT2D eigenvalue weighted by Crippen LogP contribution is -2.26. The monoisotopic (exact) mass is 229 g/mol. The molecule has 82 valence electrons. The van der Waals surface area contributed by atoms with E-state index in [1.165, 1.54) is 0 Å². The van der Waals surface area contributed by atoms with Gasteiger partial charge in [-0.25, -0.2) is 0 Å². The van der Waals surface area contributed by atoms with Crippen molar-refractivity contribution < 1.29 is 22.2 Å². The van der Waals surface area contributed by atoms with Crippen molar-refractivity contribution in [2.45, 2.75) is 37.6 Å². The van der Waals surface area contributed by atoms with E-state index >= 15 is 0 Å². The predicted molar refractivity (Wildman–Crippen MR) is 47.0 cm³/mol. The molecular formula is C8H12F3O2S+. The Morgan fingerprint density at radius 2 is 2.00 bits per heavy atom. The fourth-order valence-corrected chi connectivity index (χ4v) is 1.93. The molecule has 0 aliphatic carbocycles. The van der Waals surface area contributed by atoms with Crippen molar-refractivity contribution in [1.29, 1.82) is 0 Å². The van der Waals surface area contributed by atoms with Crippen LogP contribution in [0.25, 0.3) is 0 Å². The maximum Gasteiger partial charge on any atom is 0.462 e. The van der Waals surface area contributed by atoms with Gasteiger partial charge in [0.1, 0.15) is 12.7 Å². The van der Waals surface area contributed by atoms with Crippen LogP contribution in [0.1, 0.15) is 26.2 Å². The Labute approximate surface area is 84.4 Å². The molecule has 0 spiro atoms. The predicted octanol–water partition coefficient (Wildman–Crippen LogP) is 2.35. The first kappa shape index (κ1) is 13.5.